The van der Waals surface area contributed by atoms with Gasteiger partial charge in [0.05, 0.1) is 16.4 Å². The van der Waals surface area contributed by atoms with Crippen LogP contribution < -0.4 is 0 Å². The molecule has 0 spiro atoms. The maximum atomic E-state index is 11.3. The fraction of sp³-hybridized carbons (Fsp3) is 0.824. The van der Waals surface area contributed by atoms with Crippen LogP contribution in [0.25, 0.3) is 0 Å². The summed E-state index contributed by atoms with van der Waals surface area (Å²) in [5.74, 6) is 0.681. The molecule has 4 heteroatoms. The van der Waals surface area contributed by atoms with E-state index in [0.29, 0.717) is 11.3 Å². The zero-order valence-corrected chi connectivity index (χ0v) is 15.6. The van der Waals surface area contributed by atoms with Gasteiger partial charge in [-0.3, -0.25) is 4.68 Å². The number of aromatic nitrogens is 2. The maximum absolute atomic E-state index is 11.3. The van der Waals surface area contributed by atoms with Crippen molar-refractivity contribution in [2.45, 2.75) is 78.4 Å². The summed E-state index contributed by atoms with van der Waals surface area (Å²) in [5, 5.41) is 15.8. The molecule has 1 saturated carbocycles. The predicted molar refractivity (Wildman–Crippen MR) is 90.2 cm³/mol. The first kappa shape index (κ1) is 17.0. The highest BCUT2D eigenvalue weighted by molar-refractivity contribution is 9.10. The molecule has 0 aliphatic heterocycles. The molecule has 2 atom stereocenters. The van der Waals surface area contributed by atoms with E-state index in [4.69, 9.17) is 0 Å². The molecule has 1 aromatic rings. The van der Waals surface area contributed by atoms with E-state index in [0.717, 1.165) is 35.8 Å². The van der Waals surface area contributed by atoms with Crippen molar-refractivity contribution in [3.8, 4) is 0 Å². The molecule has 1 fully saturated rings. The lowest BCUT2D eigenvalue weighted by molar-refractivity contribution is 0.00758. The Morgan fingerprint density at radius 1 is 1.33 bits per heavy atom. The Hall–Kier alpha value is -0.350. The van der Waals surface area contributed by atoms with E-state index in [1.165, 1.54) is 6.42 Å². The highest BCUT2D eigenvalue weighted by Gasteiger charge is 2.39. The summed E-state index contributed by atoms with van der Waals surface area (Å²) < 4.78 is 2.91. The fourth-order valence-electron chi connectivity index (χ4n) is 3.59. The summed E-state index contributed by atoms with van der Waals surface area (Å²) in [6, 6.07) is 0.261. The van der Waals surface area contributed by atoms with Crippen molar-refractivity contribution >= 4 is 15.9 Å². The topological polar surface area (TPSA) is 38.0 Å². The summed E-state index contributed by atoms with van der Waals surface area (Å²) in [7, 11) is 0. The SMILES string of the molecule is CC(C)n1ncc(Br)c1C1(O)CCCC(C(C)(C)C)CC1. The summed E-state index contributed by atoms with van der Waals surface area (Å²) in [6.45, 7) is 11.2. The third-order valence-electron chi connectivity index (χ3n) is 4.95. The van der Waals surface area contributed by atoms with Crippen molar-refractivity contribution in [3.63, 3.8) is 0 Å². The molecule has 1 aliphatic rings. The van der Waals surface area contributed by atoms with Gasteiger partial charge in [0.15, 0.2) is 0 Å². The molecule has 0 saturated heterocycles. The number of rotatable bonds is 2. The quantitative estimate of drug-likeness (QED) is 0.753. The Morgan fingerprint density at radius 3 is 2.57 bits per heavy atom. The van der Waals surface area contributed by atoms with Crippen molar-refractivity contribution in [2.75, 3.05) is 0 Å². The first-order chi connectivity index (χ1) is 9.65. The van der Waals surface area contributed by atoms with Crippen LogP contribution in [0.3, 0.4) is 0 Å². The third-order valence-corrected chi connectivity index (χ3v) is 5.54. The summed E-state index contributed by atoms with van der Waals surface area (Å²) >= 11 is 3.59. The lowest BCUT2D eigenvalue weighted by Crippen LogP contribution is -2.30. The van der Waals surface area contributed by atoms with Crippen LogP contribution in [-0.4, -0.2) is 14.9 Å². The van der Waals surface area contributed by atoms with Gasteiger partial charge in [-0.25, -0.2) is 0 Å². The van der Waals surface area contributed by atoms with Crippen LogP contribution in [0.5, 0.6) is 0 Å². The minimum absolute atomic E-state index is 0.261. The lowest BCUT2D eigenvalue weighted by Gasteiger charge is -2.31. The average molecular weight is 357 g/mol. The van der Waals surface area contributed by atoms with Gasteiger partial charge in [0.1, 0.15) is 5.60 Å². The minimum atomic E-state index is -0.750. The Balaban J connectivity index is 2.29. The van der Waals surface area contributed by atoms with Gasteiger partial charge < -0.3 is 5.11 Å². The lowest BCUT2D eigenvalue weighted by atomic mass is 9.76. The van der Waals surface area contributed by atoms with E-state index in [1.807, 2.05) is 10.9 Å². The molecule has 21 heavy (non-hydrogen) atoms. The maximum Gasteiger partial charge on any atom is 0.107 e. The Kier molecular flexibility index (Phi) is 4.89. The van der Waals surface area contributed by atoms with Crippen LogP contribution in [0.2, 0.25) is 0 Å². The second-order valence-electron chi connectivity index (χ2n) is 7.90. The number of hydrogen-bond acceptors (Lipinski definition) is 2. The number of nitrogens with zero attached hydrogens (tertiary/aromatic N) is 2. The highest BCUT2D eigenvalue weighted by atomic mass is 79.9. The average Bonchev–Trinajstić information content (AvgIpc) is 2.63. The second kappa shape index (κ2) is 6.04. The molecule has 1 aromatic heterocycles. The normalized spacial score (nSPS) is 27.9. The first-order valence-corrected chi connectivity index (χ1v) is 8.90. The molecule has 0 radical (unpaired) electrons. The van der Waals surface area contributed by atoms with Gasteiger partial charge in [-0.05, 0) is 73.2 Å². The van der Waals surface area contributed by atoms with Crippen LogP contribution in [0, 0.1) is 11.3 Å². The first-order valence-electron chi connectivity index (χ1n) is 8.11. The fourth-order valence-corrected chi connectivity index (χ4v) is 4.24. The van der Waals surface area contributed by atoms with Crippen LogP contribution in [0.1, 0.15) is 78.5 Å². The van der Waals surface area contributed by atoms with Gasteiger partial charge in [-0.1, -0.05) is 20.8 Å². The standard InChI is InChI=1S/C17H29BrN2O/c1-12(2)20-15(14(18)11-19-20)17(21)9-6-7-13(8-10-17)16(3,4)5/h11-13,21H,6-10H2,1-5H3. The molecule has 2 rings (SSSR count). The van der Waals surface area contributed by atoms with Gasteiger partial charge in [0.2, 0.25) is 0 Å². The van der Waals surface area contributed by atoms with Crippen molar-refractivity contribution in [1.82, 2.24) is 9.78 Å². The van der Waals surface area contributed by atoms with Gasteiger partial charge >= 0.3 is 0 Å². The Labute approximate surface area is 137 Å². The molecule has 2 unspecified atom stereocenters. The Bertz CT molecular complexity index is 489. The largest absolute Gasteiger partial charge is 0.384 e. The molecule has 1 N–H and O–H groups in total. The minimum Gasteiger partial charge on any atom is -0.384 e. The van der Waals surface area contributed by atoms with Crippen molar-refractivity contribution in [2.24, 2.45) is 11.3 Å². The molecule has 0 bridgehead atoms. The highest BCUT2D eigenvalue weighted by Crippen LogP contribution is 2.45. The monoisotopic (exact) mass is 356 g/mol. The van der Waals surface area contributed by atoms with Crippen molar-refractivity contribution in [3.05, 3.63) is 16.4 Å². The van der Waals surface area contributed by atoms with Crippen LogP contribution >= 0.6 is 15.9 Å². The molecule has 1 aliphatic carbocycles. The second-order valence-corrected chi connectivity index (χ2v) is 8.76. The smallest absolute Gasteiger partial charge is 0.107 e. The molecule has 0 aromatic carbocycles. The summed E-state index contributed by atoms with van der Waals surface area (Å²) in [4.78, 5) is 0. The number of hydrogen-bond donors (Lipinski definition) is 1. The van der Waals surface area contributed by atoms with Gasteiger partial charge in [0, 0.05) is 6.04 Å². The number of aliphatic hydroxyl groups is 1. The molecule has 1 heterocycles. The zero-order valence-electron chi connectivity index (χ0n) is 14.0. The molecule has 0 amide bonds. The van der Waals surface area contributed by atoms with E-state index < -0.39 is 5.60 Å². The summed E-state index contributed by atoms with van der Waals surface area (Å²) in [5.41, 5.74) is 0.535. The van der Waals surface area contributed by atoms with E-state index in [9.17, 15) is 5.11 Å². The van der Waals surface area contributed by atoms with Crippen molar-refractivity contribution in [1.29, 1.82) is 0 Å². The van der Waals surface area contributed by atoms with Crippen LogP contribution in [-0.2, 0) is 5.60 Å². The zero-order chi connectivity index (χ0) is 15.8. The predicted octanol–water partition coefficient (Wildman–Crippen LogP) is 5.04. The van der Waals surface area contributed by atoms with Crippen LogP contribution in [0.15, 0.2) is 10.7 Å². The summed E-state index contributed by atoms with van der Waals surface area (Å²) in [6.07, 6.45) is 6.84. The van der Waals surface area contributed by atoms with E-state index in [2.05, 4.69) is 55.6 Å². The number of halogens is 1. The molecule has 120 valence electrons. The van der Waals surface area contributed by atoms with Gasteiger partial charge in [-0.2, -0.15) is 5.10 Å². The van der Waals surface area contributed by atoms with Gasteiger partial charge in [-0.15, -0.1) is 0 Å². The van der Waals surface area contributed by atoms with Crippen LogP contribution in [0.4, 0.5) is 0 Å². The molecular formula is C17H29BrN2O. The van der Waals surface area contributed by atoms with E-state index >= 15 is 0 Å². The Morgan fingerprint density at radius 2 is 2.00 bits per heavy atom. The third kappa shape index (κ3) is 3.53. The van der Waals surface area contributed by atoms with Gasteiger partial charge in [0.25, 0.3) is 0 Å². The van der Waals surface area contributed by atoms with Crippen molar-refractivity contribution < 1.29 is 5.11 Å². The molecule has 3 nitrogen and oxygen atoms in total. The van der Waals surface area contributed by atoms with E-state index in [1.54, 1.807) is 0 Å². The molecular weight excluding hydrogens is 328 g/mol. The van der Waals surface area contributed by atoms with E-state index in [-0.39, 0.29) is 6.04 Å².